The number of carbonyl (C=O) groups excluding carboxylic acids is 1. The van der Waals surface area contributed by atoms with Gasteiger partial charge in [-0.15, -0.1) is 0 Å². The third-order valence-corrected chi connectivity index (χ3v) is 1.44. The van der Waals surface area contributed by atoms with Crippen molar-refractivity contribution in [3.63, 3.8) is 0 Å². The number of esters is 1. The second-order valence-corrected chi connectivity index (χ2v) is 2.22. The van der Waals surface area contributed by atoms with Gasteiger partial charge in [0, 0.05) is 12.4 Å². The van der Waals surface area contributed by atoms with Gasteiger partial charge >= 0.3 is 5.97 Å². The number of aromatic nitrogens is 1. The van der Waals surface area contributed by atoms with Gasteiger partial charge in [-0.25, -0.2) is 4.79 Å². The number of hydrogen-bond acceptors (Lipinski definition) is 5. The highest BCUT2D eigenvalue weighted by atomic mass is 16.6. The molecule has 70 valence electrons. The van der Waals surface area contributed by atoms with E-state index in [1.54, 1.807) is 12.3 Å². The highest BCUT2D eigenvalue weighted by molar-refractivity contribution is 5.94. The number of hydrogen-bond donors (Lipinski definition) is 1. The van der Waals surface area contributed by atoms with Crippen LogP contribution in [0.1, 0.15) is 10.4 Å². The first-order valence-electron chi connectivity index (χ1n) is 3.61. The first kappa shape index (κ1) is 9.47. The lowest BCUT2D eigenvalue weighted by Gasteiger charge is -2.06. The van der Waals surface area contributed by atoms with Crippen molar-refractivity contribution in [2.75, 3.05) is 19.7 Å². The molecule has 0 fully saturated rings. The van der Waals surface area contributed by atoms with E-state index < -0.39 is 5.97 Å². The van der Waals surface area contributed by atoms with E-state index in [1.165, 1.54) is 20.4 Å². The maximum Gasteiger partial charge on any atom is 0.341 e. The molecule has 0 saturated heterocycles. The first-order valence-corrected chi connectivity index (χ1v) is 3.61. The number of anilines is 1. The molecule has 0 bridgehead atoms. The first-order chi connectivity index (χ1) is 6.29. The van der Waals surface area contributed by atoms with Crippen LogP contribution in [-0.2, 0) is 9.57 Å². The molecule has 1 N–H and O–H groups in total. The molecule has 0 aliphatic rings. The van der Waals surface area contributed by atoms with E-state index in [2.05, 4.69) is 20.0 Å². The number of nitrogens with one attached hydrogen (secondary N) is 1. The largest absolute Gasteiger partial charge is 0.465 e. The summed E-state index contributed by atoms with van der Waals surface area (Å²) < 4.78 is 4.55. The van der Waals surface area contributed by atoms with Gasteiger partial charge in [-0.1, -0.05) is 0 Å². The van der Waals surface area contributed by atoms with Gasteiger partial charge in [-0.3, -0.25) is 15.3 Å². The lowest BCUT2D eigenvalue weighted by Crippen LogP contribution is -2.07. The maximum atomic E-state index is 11.2. The zero-order chi connectivity index (χ0) is 9.68. The van der Waals surface area contributed by atoms with Crippen molar-refractivity contribution in [3.8, 4) is 0 Å². The molecule has 0 amide bonds. The zero-order valence-electron chi connectivity index (χ0n) is 7.40. The normalized spacial score (nSPS) is 9.38. The summed E-state index contributed by atoms with van der Waals surface area (Å²) >= 11 is 0. The molecule has 0 aliphatic carbocycles. The Balaban J connectivity index is 2.97. The monoisotopic (exact) mass is 182 g/mol. The highest BCUT2D eigenvalue weighted by Gasteiger charge is 2.10. The Morgan fingerprint density at radius 1 is 1.54 bits per heavy atom. The van der Waals surface area contributed by atoms with Crippen LogP contribution in [-0.4, -0.2) is 25.2 Å². The third-order valence-electron chi connectivity index (χ3n) is 1.44. The van der Waals surface area contributed by atoms with Crippen LogP contribution in [0.5, 0.6) is 0 Å². The topological polar surface area (TPSA) is 60.5 Å². The number of carbonyl (C=O) groups is 1. The molecule has 0 unspecified atom stereocenters. The molecule has 1 aromatic rings. The minimum atomic E-state index is -0.451. The van der Waals surface area contributed by atoms with Gasteiger partial charge in [0.25, 0.3) is 0 Å². The number of pyridine rings is 1. The lowest BCUT2D eigenvalue weighted by atomic mass is 10.2. The Kier molecular flexibility index (Phi) is 3.22. The number of methoxy groups -OCH3 is 1. The van der Waals surface area contributed by atoms with Gasteiger partial charge in [-0.05, 0) is 6.07 Å². The zero-order valence-corrected chi connectivity index (χ0v) is 7.40. The average molecular weight is 182 g/mol. The van der Waals surface area contributed by atoms with Crippen molar-refractivity contribution in [2.45, 2.75) is 0 Å². The Morgan fingerprint density at radius 2 is 2.31 bits per heavy atom. The summed E-state index contributed by atoms with van der Waals surface area (Å²) in [6.07, 6.45) is 2.96. The van der Waals surface area contributed by atoms with Crippen molar-refractivity contribution in [3.05, 3.63) is 24.0 Å². The molecule has 0 atom stereocenters. The summed E-state index contributed by atoms with van der Waals surface area (Å²) in [7, 11) is 2.77. The van der Waals surface area contributed by atoms with Crippen LogP contribution in [0, 0.1) is 0 Å². The summed E-state index contributed by atoms with van der Waals surface area (Å²) in [6, 6.07) is 1.62. The fourth-order valence-corrected chi connectivity index (χ4v) is 0.866. The molecule has 1 heterocycles. The van der Waals surface area contributed by atoms with Crippen LogP contribution in [0.2, 0.25) is 0 Å². The second kappa shape index (κ2) is 4.42. The standard InChI is InChI=1S/C8H10N2O3/c1-12-8(11)6-5-9-4-3-7(6)10-13-2/h3-5H,1-2H3,(H,9,10). The fourth-order valence-electron chi connectivity index (χ4n) is 0.866. The van der Waals surface area contributed by atoms with Crippen molar-refractivity contribution < 1.29 is 14.4 Å². The molecule has 5 heteroatoms. The molecule has 13 heavy (non-hydrogen) atoms. The highest BCUT2D eigenvalue weighted by Crippen LogP contribution is 2.13. The predicted octanol–water partition coefficient (Wildman–Crippen LogP) is 0.841. The number of rotatable bonds is 3. The van der Waals surface area contributed by atoms with Gasteiger partial charge in [-0.2, -0.15) is 0 Å². The fraction of sp³-hybridized carbons (Fsp3) is 0.250. The van der Waals surface area contributed by atoms with E-state index in [0.717, 1.165) is 0 Å². The molecule has 1 aromatic heterocycles. The summed E-state index contributed by atoms with van der Waals surface area (Å²) in [5.74, 6) is -0.451. The molecule has 0 spiro atoms. The lowest BCUT2D eigenvalue weighted by molar-refractivity contribution is 0.0600. The maximum absolute atomic E-state index is 11.2. The molecule has 0 aromatic carbocycles. The van der Waals surface area contributed by atoms with E-state index in [-0.39, 0.29) is 0 Å². The van der Waals surface area contributed by atoms with Gasteiger partial charge in [0.2, 0.25) is 0 Å². The van der Waals surface area contributed by atoms with Crippen molar-refractivity contribution in [2.24, 2.45) is 0 Å². The molecule has 0 radical (unpaired) electrons. The van der Waals surface area contributed by atoms with Crippen LogP contribution in [0.15, 0.2) is 18.5 Å². The van der Waals surface area contributed by atoms with Crippen molar-refractivity contribution in [1.82, 2.24) is 4.98 Å². The molecule has 0 aliphatic heterocycles. The third kappa shape index (κ3) is 2.16. The van der Waals surface area contributed by atoms with Crippen molar-refractivity contribution >= 4 is 11.7 Å². The Hall–Kier alpha value is -1.62. The molecule has 0 saturated carbocycles. The van der Waals surface area contributed by atoms with Crippen LogP contribution >= 0.6 is 0 Å². The van der Waals surface area contributed by atoms with Gasteiger partial charge in [0.05, 0.1) is 19.9 Å². The van der Waals surface area contributed by atoms with Crippen LogP contribution in [0.4, 0.5) is 5.69 Å². The van der Waals surface area contributed by atoms with E-state index in [4.69, 9.17) is 0 Å². The minimum Gasteiger partial charge on any atom is -0.465 e. The Morgan fingerprint density at radius 3 is 2.92 bits per heavy atom. The molecule has 1 rings (SSSR count). The van der Waals surface area contributed by atoms with E-state index in [9.17, 15) is 4.79 Å². The predicted molar refractivity (Wildman–Crippen MR) is 46.2 cm³/mol. The molecular weight excluding hydrogens is 172 g/mol. The summed E-state index contributed by atoms with van der Waals surface area (Å²) in [5.41, 5.74) is 3.42. The van der Waals surface area contributed by atoms with E-state index in [1.807, 2.05) is 0 Å². The Labute approximate surface area is 75.6 Å². The molecule has 5 nitrogen and oxygen atoms in total. The van der Waals surface area contributed by atoms with Crippen molar-refractivity contribution in [1.29, 1.82) is 0 Å². The second-order valence-electron chi connectivity index (χ2n) is 2.22. The summed E-state index contributed by atoms with van der Waals surface area (Å²) in [6.45, 7) is 0. The minimum absolute atomic E-state index is 0.340. The smallest absolute Gasteiger partial charge is 0.341 e. The van der Waals surface area contributed by atoms with E-state index >= 15 is 0 Å². The average Bonchev–Trinajstić information content (AvgIpc) is 2.18. The van der Waals surface area contributed by atoms with E-state index in [0.29, 0.717) is 11.3 Å². The van der Waals surface area contributed by atoms with Gasteiger partial charge < -0.3 is 4.74 Å². The van der Waals surface area contributed by atoms with Crippen LogP contribution in [0.25, 0.3) is 0 Å². The quantitative estimate of drug-likeness (QED) is 0.554. The summed E-state index contributed by atoms with van der Waals surface area (Å²) in [4.78, 5) is 19.6. The summed E-state index contributed by atoms with van der Waals surface area (Å²) in [5, 5.41) is 0. The van der Waals surface area contributed by atoms with Gasteiger partial charge in [0.1, 0.15) is 5.56 Å². The van der Waals surface area contributed by atoms with Gasteiger partial charge in [0.15, 0.2) is 0 Å². The van der Waals surface area contributed by atoms with Crippen LogP contribution in [0.3, 0.4) is 0 Å². The number of nitrogens with zero attached hydrogens (tertiary/aromatic N) is 1. The number of ether oxygens (including phenoxy) is 1. The Bertz CT molecular complexity index is 301. The van der Waals surface area contributed by atoms with Crippen LogP contribution < -0.4 is 5.48 Å². The SMILES string of the molecule is CONc1ccncc1C(=O)OC. The molecular formula is C8H10N2O3.